The van der Waals surface area contributed by atoms with E-state index >= 15 is 0 Å². The standard InChI is InChI=1S/C18H16IN3O3/c1-11-20-14-8-16-17(25-7-6-24-16)9-15(14)22(11)10-18(23)21-13-4-2-12(19)3-5-13/h2-5,8-9H,6-7,10H2,1H3,(H,21,23). The molecule has 25 heavy (non-hydrogen) atoms. The van der Waals surface area contributed by atoms with Gasteiger partial charge in [-0.2, -0.15) is 0 Å². The summed E-state index contributed by atoms with van der Waals surface area (Å²) in [4.78, 5) is 17.0. The molecule has 0 saturated carbocycles. The summed E-state index contributed by atoms with van der Waals surface area (Å²) in [5.41, 5.74) is 2.44. The minimum Gasteiger partial charge on any atom is -0.486 e. The van der Waals surface area contributed by atoms with Crippen molar-refractivity contribution in [3.8, 4) is 11.5 Å². The number of amides is 1. The quantitative estimate of drug-likeness (QED) is 0.623. The van der Waals surface area contributed by atoms with Crippen LogP contribution < -0.4 is 14.8 Å². The molecule has 2 heterocycles. The van der Waals surface area contributed by atoms with Gasteiger partial charge in [-0.25, -0.2) is 4.98 Å². The Balaban J connectivity index is 1.61. The molecule has 0 spiro atoms. The van der Waals surface area contributed by atoms with Gasteiger partial charge in [0, 0.05) is 21.4 Å². The van der Waals surface area contributed by atoms with Crippen LogP contribution in [-0.4, -0.2) is 28.7 Å². The minimum atomic E-state index is -0.0986. The van der Waals surface area contributed by atoms with Crippen molar-refractivity contribution in [2.45, 2.75) is 13.5 Å². The molecule has 128 valence electrons. The molecule has 2 aromatic carbocycles. The van der Waals surface area contributed by atoms with Crippen molar-refractivity contribution in [1.29, 1.82) is 0 Å². The number of halogens is 1. The highest BCUT2D eigenvalue weighted by Crippen LogP contribution is 2.34. The number of imidazole rings is 1. The van der Waals surface area contributed by atoms with Gasteiger partial charge in [-0.3, -0.25) is 4.79 Å². The molecule has 0 bridgehead atoms. The molecule has 6 nitrogen and oxygen atoms in total. The lowest BCUT2D eigenvalue weighted by Gasteiger charge is -2.18. The van der Waals surface area contributed by atoms with Gasteiger partial charge in [-0.1, -0.05) is 0 Å². The summed E-state index contributed by atoms with van der Waals surface area (Å²) < 4.78 is 14.2. The number of fused-ring (bicyclic) bond motifs is 2. The van der Waals surface area contributed by atoms with E-state index in [0.29, 0.717) is 24.7 Å². The maximum Gasteiger partial charge on any atom is 0.244 e. The highest BCUT2D eigenvalue weighted by molar-refractivity contribution is 14.1. The van der Waals surface area contributed by atoms with Crippen LogP contribution in [0.4, 0.5) is 5.69 Å². The SMILES string of the molecule is Cc1nc2cc3c(cc2n1CC(=O)Nc1ccc(I)cc1)OCCO3. The molecule has 4 rings (SSSR count). The number of benzene rings is 2. The predicted molar refractivity (Wildman–Crippen MR) is 103 cm³/mol. The van der Waals surface area contributed by atoms with E-state index in [1.165, 1.54) is 0 Å². The van der Waals surface area contributed by atoms with Crippen molar-refractivity contribution in [3.63, 3.8) is 0 Å². The van der Waals surface area contributed by atoms with Gasteiger partial charge in [0.1, 0.15) is 25.6 Å². The highest BCUT2D eigenvalue weighted by Gasteiger charge is 2.18. The summed E-state index contributed by atoms with van der Waals surface area (Å²) >= 11 is 2.23. The monoisotopic (exact) mass is 449 g/mol. The van der Waals surface area contributed by atoms with Crippen LogP contribution >= 0.6 is 22.6 Å². The fraction of sp³-hybridized carbons (Fsp3) is 0.222. The van der Waals surface area contributed by atoms with Gasteiger partial charge in [-0.05, 0) is 53.8 Å². The van der Waals surface area contributed by atoms with Gasteiger partial charge < -0.3 is 19.4 Å². The van der Waals surface area contributed by atoms with Gasteiger partial charge >= 0.3 is 0 Å². The Hall–Kier alpha value is -2.29. The summed E-state index contributed by atoms with van der Waals surface area (Å²) in [5.74, 6) is 2.07. The summed E-state index contributed by atoms with van der Waals surface area (Å²) in [6, 6.07) is 11.4. The number of nitrogens with one attached hydrogen (secondary N) is 1. The summed E-state index contributed by atoms with van der Waals surface area (Å²) in [6.45, 7) is 3.14. The Morgan fingerprint density at radius 1 is 1.20 bits per heavy atom. The zero-order chi connectivity index (χ0) is 17.4. The Labute approximate surface area is 158 Å². The first-order chi connectivity index (χ1) is 12.1. The maximum absolute atomic E-state index is 12.4. The Morgan fingerprint density at radius 2 is 1.88 bits per heavy atom. The van der Waals surface area contributed by atoms with E-state index in [2.05, 4.69) is 32.9 Å². The fourth-order valence-corrected chi connectivity index (χ4v) is 3.22. The lowest BCUT2D eigenvalue weighted by atomic mass is 10.2. The van der Waals surface area contributed by atoms with Gasteiger partial charge in [0.25, 0.3) is 0 Å². The van der Waals surface area contributed by atoms with Crippen LogP contribution in [0.2, 0.25) is 0 Å². The number of aromatic nitrogens is 2. The number of carbonyl (C=O) groups excluding carboxylic acids is 1. The molecule has 0 atom stereocenters. The van der Waals surface area contributed by atoms with Crippen LogP contribution in [0.5, 0.6) is 11.5 Å². The third-order valence-corrected chi connectivity index (χ3v) is 4.75. The van der Waals surface area contributed by atoms with Gasteiger partial charge in [0.2, 0.25) is 5.91 Å². The first-order valence-corrected chi connectivity index (χ1v) is 9.00. The number of carbonyl (C=O) groups is 1. The van der Waals surface area contributed by atoms with Crippen molar-refractivity contribution in [3.05, 3.63) is 45.8 Å². The molecule has 0 fully saturated rings. The van der Waals surface area contributed by atoms with Crippen molar-refractivity contribution in [2.24, 2.45) is 0 Å². The second-order valence-electron chi connectivity index (χ2n) is 5.78. The minimum absolute atomic E-state index is 0.0986. The number of rotatable bonds is 3. The van der Waals surface area contributed by atoms with Gasteiger partial charge in [0.05, 0.1) is 11.0 Å². The van der Waals surface area contributed by atoms with Crippen LogP contribution in [0.25, 0.3) is 11.0 Å². The third kappa shape index (κ3) is 3.28. The number of hydrogen-bond acceptors (Lipinski definition) is 4. The molecular weight excluding hydrogens is 433 g/mol. The smallest absolute Gasteiger partial charge is 0.244 e. The third-order valence-electron chi connectivity index (χ3n) is 4.03. The lowest BCUT2D eigenvalue weighted by Crippen LogP contribution is -2.19. The van der Waals surface area contributed by atoms with Crippen molar-refractivity contribution in [2.75, 3.05) is 18.5 Å². The zero-order valence-corrected chi connectivity index (χ0v) is 15.7. The predicted octanol–water partition coefficient (Wildman–Crippen LogP) is 3.36. The highest BCUT2D eigenvalue weighted by atomic mass is 127. The second-order valence-corrected chi connectivity index (χ2v) is 7.03. The molecule has 0 radical (unpaired) electrons. The average Bonchev–Trinajstić information content (AvgIpc) is 2.90. The Kier molecular flexibility index (Phi) is 4.24. The average molecular weight is 449 g/mol. The molecule has 1 aliphatic heterocycles. The van der Waals surface area contributed by atoms with Crippen molar-refractivity contribution in [1.82, 2.24) is 9.55 Å². The van der Waals surface area contributed by atoms with Crippen LogP contribution in [0, 0.1) is 10.5 Å². The van der Waals surface area contributed by atoms with E-state index in [-0.39, 0.29) is 12.5 Å². The van der Waals surface area contributed by atoms with E-state index in [4.69, 9.17) is 9.47 Å². The molecule has 0 aliphatic carbocycles. The number of aryl methyl sites for hydroxylation is 1. The zero-order valence-electron chi connectivity index (χ0n) is 13.6. The van der Waals surface area contributed by atoms with Crippen molar-refractivity contribution < 1.29 is 14.3 Å². The van der Waals surface area contributed by atoms with E-state index < -0.39 is 0 Å². The fourth-order valence-electron chi connectivity index (χ4n) is 2.86. The Bertz CT molecular complexity index is 950. The molecule has 1 aliphatic rings. The number of anilines is 1. The largest absolute Gasteiger partial charge is 0.486 e. The summed E-state index contributed by atoms with van der Waals surface area (Å²) in [6.07, 6.45) is 0. The molecule has 3 aromatic rings. The summed E-state index contributed by atoms with van der Waals surface area (Å²) in [7, 11) is 0. The topological polar surface area (TPSA) is 65.4 Å². The molecule has 0 unspecified atom stereocenters. The lowest BCUT2D eigenvalue weighted by molar-refractivity contribution is -0.116. The van der Waals surface area contributed by atoms with Crippen molar-refractivity contribution >= 4 is 45.2 Å². The van der Waals surface area contributed by atoms with Crippen LogP contribution in [0.3, 0.4) is 0 Å². The molecule has 1 amide bonds. The van der Waals surface area contributed by atoms with Gasteiger partial charge in [-0.15, -0.1) is 0 Å². The van der Waals surface area contributed by atoms with E-state index in [1.807, 2.05) is 47.9 Å². The molecule has 0 saturated heterocycles. The van der Waals surface area contributed by atoms with E-state index in [1.54, 1.807) is 0 Å². The summed E-state index contributed by atoms with van der Waals surface area (Å²) in [5, 5.41) is 2.91. The molecule has 1 aromatic heterocycles. The molecule has 1 N–H and O–H groups in total. The first kappa shape index (κ1) is 16.2. The number of ether oxygens (including phenoxy) is 2. The first-order valence-electron chi connectivity index (χ1n) is 7.92. The normalized spacial score (nSPS) is 13.0. The molecular formula is C18H16IN3O3. The maximum atomic E-state index is 12.4. The number of nitrogens with zero attached hydrogens (tertiary/aromatic N) is 2. The second kappa shape index (κ2) is 6.55. The van der Waals surface area contributed by atoms with E-state index in [9.17, 15) is 4.79 Å². The van der Waals surface area contributed by atoms with E-state index in [0.717, 1.165) is 26.1 Å². The van der Waals surface area contributed by atoms with Crippen LogP contribution in [0.1, 0.15) is 5.82 Å². The Morgan fingerprint density at radius 3 is 2.60 bits per heavy atom. The van der Waals surface area contributed by atoms with Gasteiger partial charge in [0.15, 0.2) is 11.5 Å². The number of hydrogen-bond donors (Lipinski definition) is 1. The van der Waals surface area contributed by atoms with Crippen LogP contribution in [-0.2, 0) is 11.3 Å². The van der Waals surface area contributed by atoms with Crippen LogP contribution in [0.15, 0.2) is 36.4 Å². The molecule has 7 heteroatoms.